The molecular formula is C37H54O3. The number of fused-ring (bicyclic) bond motifs is 1. The van der Waals surface area contributed by atoms with Gasteiger partial charge < -0.3 is 0 Å². The average Bonchev–Trinajstić information content (AvgIpc) is 2.89. The van der Waals surface area contributed by atoms with Crippen LogP contribution in [-0.2, 0) is 28.9 Å². The highest BCUT2D eigenvalue weighted by atomic mass is 16.1. The number of Topliss-reactive ketones (excluding diaryl/α,β-unsaturated/α-hetero) is 3. The summed E-state index contributed by atoms with van der Waals surface area (Å²) in [5.74, 6) is 0.598. The predicted molar refractivity (Wildman–Crippen MR) is 169 cm³/mol. The van der Waals surface area contributed by atoms with E-state index in [1.54, 1.807) is 0 Å². The first-order valence-electron chi connectivity index (χ1n) is 15.9. The van der Waals surface area contributed by atoms with Gasteiger partial charge in [0.05, 0.1) is 6.42 Å². The van der Waals surface area contributed by atoms with Gasteiger partial charge in [-0.1, -0.05) is 97.6 Å². The van der Waals surface area contributed by atoms with E-state index in [0.717, 1.165) is 62.5 Å². The zero-order chi connectivity index (χ0) is 29.8. The molecule has 0 spiro atoms. The third kappa shape index (κ3) is 8.72. The topological polar surface area (TPSA) is 51.2 Å². The molecule has 0 radical (unpaired) electrons. The van der Waals surface area contributed by atoms with Crippen molar-refractivity contribution in [1.29, 1.82) is 0 Å². The SMILES string of the molecule is CCC.CCCc1ccc(CC)c(-c2ccc(C)c3c2CC(CC(CCC)C(CC)C(=O)CC(C)=O)CC3=O)c1. The van der Waals surface area contributed by atoms with E-state index in [4.69, 9.17) is 0 Å². The molecule has 0 aliphatic heterocycles. The first-order chi connectivity index (χ1) is 19.1. The summed E-state index contributed by atoms with van der Waals surface area (Å²) in [4.78, 5) is 38.2. The zero-order valence-corrected chi connectivity index (χ0v) is 26.6. The number of carbonyl (C=O) groups is 3. The first kappa shape index (κ1) is 33.7. The Morgan fingerprint density at radius 3 is 2.20 bits per heavy atom. The summed E-state index contributed by atoms with van der Waals surface area (Å²) in [6.07, 6.45) is 9.39. The Morgan fingerprint density at radius 1 is 0.925 bits per heavy atom. The maximum atomic E-state index is 13.6. The normalized spacial score (nSPS) is 16.0. The van der Waals surface area contributed by atoms with Gasteiger partial charge in [-0.15, -0.1) is 0 Å². The molecule has 3 unspecified atom stereocenters. The van der Waals surface area contributed by atoms with Crippen LogP contribution in [0.2, 0.25) is 0 Å². The molecule has 0 bridgehead atoms. The van der Waals surface area contributed by atoms with Gasteiger partial charge in [0, 0.05) is 17.9 Å². The summed E-state index contributed by atoms with van der Waals surface area (Å²) in [5.41, 5.74) is 8.33. The number of ketones is 3. The van der Waals surface area contributed by atoms with E-state index in [0.29, 0.717) is 6.42 Å². The lowest BCUT2D eigenvalue weighted by Gasteiger charge is -2.33. The van der Waals surface area contributed by atoms with E-state index < -0.39 is 0 Å². The van der Waals surface area contributed by atoms with Crippen molar-refractivity contribution in [1.82, 2.24) is 0 Å². The van der Waals surface area contributed by atoms with Crippen LogP contribution >= 0.6 is 0 Å². The molecule has 220 valence electrons. The molecule has 1 aliphatic rings. The third-order valence-electron chi connectivity index (χ3n) is 8.29. The molecule has 40 heavy (non-hydrogen) atoms. The maximum absolute atomic E-state index is 13.6. The van der Waals surface area contributed by atoms with E-state index in [-0.39, 0.29) is 41.5 Å². The molecule has 3 heteroatoms. The van der Waals surface area contributed by atoms with Gasteiger partial charge in [-0.25, -0.2) is 0 Å². The van der Waals surface area contributed by atoms with Crippen molar-refractivity contribution in [2.75, 3.05) is 0 Å². The van der Waals surface area contributed by atoms with Gasteiger partial charge in [-0.05, 0) is 91.2 Å². The van der Waals surface area contributed by atoms with E-state index >= 15 is 0 Å². The Labute approximate surface area is 244 Å². The smallest absolute Gasteiger partial charge is 0.163 e. The molecule has 0 N–H and O–H groups in total. The summed E-state index contributed by atoms with van der Waals surface area (Å²) in [6.45, 7) is 16.4. The lowest BCUT2D eigenvalue weighted by molar-refractivity contribution is -0.129. The standard InChI is InChI=1S/C34H46O3.C3H8/c1-7-11-24-14-15-26(9-3)30(19-24)29-16-13-22(5)34-31(29)20-25(21-33(34)37)18-27(12-8-2)28(10-4)32(36)17-23(6)35;1-3-2/h13-16,19,25,27-28H,7-12,17-18,20-21H2,1-6H3;3H2,1-2H3. The van der Waals surface area contributed by atoms with Gasteiger partial charge in [0.15, 0.2) is 5.78 Å². The molecule has 0 heterocycles. The fraction of sp³-hybridized carbons (Fsp3) is 0.595. The molecule has 2 aromatic carbocycles. The Hall–Kier alpha value is -2.55. The summed E-state index contributed by atoms with van der Waals surface area (Å²) in [5, 5.41) is 0. The molecule has 2 aromatic rings. The van der Waals surface area contributed by atoms with Crippen LogP contribution in [0.5, 0.6) is 0 Å². The molecule has 0 saturated carbocycles. The molecular weight excluding hydrogens is 492 g/mol. The molecule has 3 rings (SSSR count). The van der Waals surface area contributed by atoms with Crippen LogP contribution < -0.4 is 0 Å². The van der Waals surface area contributed by atoms with E-state index in [9.17, 15) is 14.4 Å². The summed E-state index contributed by atoms with van der Waals surface area (Å²) >= 11 is 0. The van der Waals surface area contributed by atoms with Crippen LogP contribution in [0.3, 0.4) is 0 Å². The van der Waals surface area contributed by atoms with Crippen molar-refractivity contribution in [3.8, 4) is 11.1 Å². The molecule has 1 aliphatic carbocycles. The van der Waals surface area contributed by atoms with Crippen molar-refractivity contribution in [2.45, 2.75) is 126 Å². The second kappa shape index (κ2) is 16.7. The highest BCUT2D eigenvalue weighted by Crippen LogP contribution is 2.41. The maximum Gasteiger partial charge on any atom is 0.163 e. The monoisotopic (exact) mass is 546 g/mol. The largest absolute Gasteiger partial charge is 0.300 e. The highest BCUT2D eigenvalue weighted by Gasteiger charge is 2.34. The molecule has 0 fully saturated rings. The summed E-state index contributed by atoms with van der Waals surface area (Å²) in [6, 6.07) is 11.2. The minimum atomic E-state index is -0.102. The number of hydrogen-bond acceptors (Lipinski definition) is 3. The predicted octanol–water partition coefficient (Wildman–Crippen LogP) is 9.72. The van der Waals surface area contributed by atoms with Crippen molar-refractivity contribution < 1.29 is 14.4 Å². The van der Waals surface area contributed by atoms with Gasteiger partial charge in [-0.3, -0.25) is 14.4 Å². The lowest BCUT2D eigenvalue weighted by Crippen LogP contribution is -2.30. The second-order valence-corrected chi connectivity index (χ2v) is 11.9. The Kier molecular flexibility index (Phi) is 14.0. The van der Waals surface area contributed by atoms with Crippen molar-refractivity contribution >= 4 is 17.3 Å². The van der Waals surface area contributed by atoms with Gasteiger partial charge >= 0.3 is 0 Å². The first-order valence-corrected chi connectivity index (χ1v) is 15.9. The van der Waals surface area contributed by atoms with Crippen LogP contribution in [0, 0.1) is 24.7 Å². The van der Waals surface area contributed by atoms with Gasteiger partial charge in [-0.2, -0.15) is 0 Å². The fourth-order valence-electron chi connectivity index (χ4n) is 6.62. The van der Waals surface area contributed by atoms with E-state index in [2.05, 4.69) is 78.8 Å². The van der Waals surface area contributed by atoms with Crippen LogP contribution in [0.4, 0.5) is 0 Å². The number of carbonyl (C=O) groups excluding carboxylic acids is 3. The number of benzene rings is 2. The molecule has 3 atom stereocenters. The fourth-order valence-corrected chi connectivity index (χ4v) is 6.62. The quantitative estimate of drug-likeness (QED) is 0.235. The highest BCUT2D eigenvalue weighted by molar-refractivity contribution is 6.02. The summed E-state index contributed by atoms with van der Waals surface area (Å²) in [7, 11) is 0. The minimum Gasteiger partial charge on any atom is -0.300 e. The zero-order valence-electron chi connectivity index (χ0n) is 26.6. The number of aryl methyl sites for hydroxylation is 3. The Balaban J connectivity index is 0.00000178. The van der Waals surface area contributed by atoms with Crippen molar-refractivity contribution in [3.05, 3.63) is 58.1 Å². The second-order valence-electron chi connectivity index (χ2n) is 11.9. The number of hydrogen-bond donors (Lipinski definition) is 0. The Bertz CT molecular complexity index is 1140. The lowest BCUT2D eigenvalue weighted by atomic mass is 9.71. The molecule has 3 nitrogen and oxygen atoms in total. The van der Waals surface area contributed by atoms with Crippen LogP contribution in [-0.4, -0.2) is 17.3 Å². The van der Waals surface area contributed by atoms with Gasteiger partial charge in [0.2, 0.25) is 0 Å². The molecule has 0 amide bonds. The molecule has 0 saturated heterocycles. The van der Waals surface area contributed by atoms with E-state index in [1.807, 2.05) is 0 Å². The molecule has 0 aromatic heterocycles. The average molecular weight is 547 g/mol. The van der Waals surface area contributed by atoms with Gasteiger partial charge in [0.25, 0.3) is 0 Å². The van der Waals surface area contributed by atoms with E-state index in [1.165, 1.54) is 41.2 Å². The van der Waals surface area contributed by atoms with Gasteiger partial charge in [0.1, 0.15) is 11.6 Å². The Morgan fingerprint density at radius 2 is 1.62 bits per heavy atom. The summed E-state index contributed by atoms with van der Waals surface area (Å²) < 4.78 is 0. The van der Waals surface area contributed by atoms with Crippen LogP contribution in [0.1, 0.15) is 132 Å². The minimum absolute atomic E-state index is 0.0301. The number of rotatable bonds is 13. The third-order valence-corrected chi connectivity index (χ3v) is 8.29. The van der Waals surface area contributed by atoms with Crippen LogP contribution in [0.25, 0.3) is 11.1 Å². The van der Waals surface area contributed by atoms with Crippen molar-refractivity contribution in [2.24, 2.45) is 17.8 Å². The van der Waals surface area contributed by atoms with Crippen molar-refractivity contribution in [3.63, 3.8) is 0 Å². The van der Waals surface area contributed by atoms with Crippen LogP contribution in [0.15, 0.2) is 30.3 Å².